The van der Waals surface area contributed by atoms with Crippen LogP contribution in [0.3, 0.4) is 0 Å². The Morgan fingerprint density at radius 3 is 2.32 bits per heavy atom. The summed E-state index contributed by atoms with van der Waals surface area (Å²) in [6.45, 7) is 2.19. The van der Waals surface area contributed by atoms with Gasteiger partial charge in [-0.05, 0) is 12.5 Å². The van der Waals surface area contributed by atoms with Crippen molar-refractivity contribution in [1.82, 2.24) is 9.97 Å². The second-order valence-corrected chi connectivity index (χ2v) is 5.38. The molecule has 0 aliphatic heterocycles. The largest absolute Gasteiger partial charge is 0.481 e. The number of rotatable bonds is 7. The molecule has 2 rings (SSSR count). The first-order valence-corrected chi connectivity index (χ1v) is 7.51. The van der Waals surface area contributed by atoms with Gasteiger partial charge in [0.25, 0.3) is 0 Å². The van der Waals surface area contributed by atoms with Crippen LogP contribution in [0, 0.1) is 0 Å². The molecule has 1 atom stereocenters. The Morgan fingerprint density at radius 1 is 1.20 bits per heavy atom. The van der Waals surface area contributed by atoms with Gasteiger partial charge in [0.05, 0.1) is 26.5 Å². The van der Waals surface area contributed by atoms with Gasteiger partial charge in [-0.25, -0.2) is 4.79 Å². The lowest BCUT2D eigenvalue weighted by Gasteiger charge is -2.22. The van der Waals surface area contributed by atoms with E-state index in [4.69, 9.17) is 20.0 Å². The third-order valence-electron chi connectivity index (χ3n) is 3.61. The van der Waals surface area contributed by atoms with Crippen molar-refractivity contribution < 1.29 is 19.1 Å². The van der Waals surface area contributed by atoms with Crippen molar-refractivity contribution in [3.63, 3.8) is 0 Å². The normalized spacial score (nSPS) is 13.3. The zero-order valence-corrected chi connectivity index (χ0v) is 14.3. The molecule has 0 fully saturated rings. The van der Waals surface area contributed by atoms with E-state index in [-0.39, 0.29) is 17.6 Å². The third-order valence-corrected chi connectivity index (χ3v) is 3.61. The van der Waals surface area contributed by atoms with Crippen molar-refractivity contribution in [3.8, 4) is 11.8 Å². The number of hydrogen-bond donors (Lipinski definition) is 1. The molecule has 2 aromatic rings. The van der Waals surface area contributed by atoms with Crippen LogP contribution in [0.5, 0.6) is 11.8 Å². The van der Waals surface area contributed by atoms with Crippen molar-refractivity contribution in [2.24, 2.45) is 10.9 Å². The van der Waals surface area contributed by atoms with Crippen LogP contribution >= 0.6 is 0 Å². The fourth-order valence-electron chi connectivity index (χ4n) is 2.00. The van der Waals surface area contributed by atoms with Crippen LogP contribution < -0.4 is 15.2 Å². The molecule has 0 saturated heterocycles. The minimum Gasteiger partial charge on any atom is -0.481 e. The van der Waals surface area contributed by atoms with Gasteiger partial charge in [-0.3, -0.25) is 0 Å². The number of hydrogen-bond acceptors (Lipinski definition) is 8. The summed E-state index contributed by atoms with van der Waals surface area (Å²) in [5.41, 5.74) is 6.23. The van der Waals surface area contributed by atoms with Gasteiger partial charge in [0, 0.05) is 12.0 Å². The Balaban J connectivity index is 2.14. The highest BCUT2D eigenvalue weighted by molar-refractivity contribution is 5.86. The standard InChI is InChI=1S/C17H20N4O4/c1-17(10-18,12-7-5-4-6-8-12)11-19-25-16(22)15-20-13(23-2)9-14(21-15)24-3/h4-9,11H,10,18H2,1-3H3/t17-/m1/s1. The maximum atomic E-state index is 12.1. The Bertz CT molecular complexity index is 729. The summed E-state index contributed by atoms with van der Waals surface area (Å²) in [5.74, 6) is -0.693. The molecule has 8 heteroatoms. The van der Waals surface area contributed by atoms with E-state index in [0.29, 0.717) is 6.54 Å². The summed E-state index contributed by atoms with van der Waals surface area (Å²) in [6, 6.07) is 11.0. The lowest BCUT2D eigenvalue weighted by atomic mass is 9.84. The van der Waals surface area contributed by atoms with E-state index in [9.17, 15) is 4.79 Å². The molecule has 0 aliphatic rings. The molecule has 1 heterocycles. The minimum absolute atomic E-state index is 0.180. The first-order valence-electron chi connectivity index (χ1n) is 7.51. The van der Waals surface area contributed by atoms with Crippen LogP contribution in [0.1, 0.15) is 23.1 Å². The average molecular weight is 344 g/mol. The van der Waals surface area contributed by atoms with Crippen molar-refractivity contribution >= 4 is 12.2 Å². The molecule has 2 N–H and O–H groups in total. The summed E-state index contributed by atoms with van der Waals surface area (Å²) in [5, 5.41) is 3.76. The molecule has 0 spiro atoms. The van der Waals surface area contributed by atoms with Gasteiger partial charge in [0.2, 0.25) is 17.6 Å². The first kappa shape index (κ1) is 18.3. The van der Waals surface area contributed by atoms with Gasteiger partial charge in [-0.15, -0.1) is 0 Å². The second-order valence-electron chi connectivity index (χ2n) is 5.38. The highest BCUT2D eigenvalue weighted by atomic mass is 16.7. The van der Waals surface area contributed by atoms with Crippen molar-refractivity contribution in [2.45, 2.75) is 12.3 Å². The average Bonchev–Trinajstić information content (AvgIpc) is 2.67. The summed E-state index contributed by atoms with van der Waals surface area (Å²) in [4.78, 5) is 24.8. The van der Waals surface area contributed by atoms with Crippen molar-refractivity contribution in [1.29, 1.82) is 0 Å². The smallest absolute Gasteiger partial charge is 0.402 e. The molecule has 132 valence electrons. The van der Waals surface area contributed by atoms with E-state index in [0.717, 1.165) is 5.56 Å². The maximum absolute atomic E-state index is 12.1. The number of ether oxygens (including phenoxy) is 2. The Labute approximate surface area is 145 Å². The first-order chi connectivity index (χ1) is 12.0. The van der Waals surface area contributed by atoms with E-state index < -0.39 is 11.4 Å². The minimum atomic E-state index is -0.833. The number of methoxy groups -OCH3 is 2. The molecule has 0 saturated carbocycles. The summed E-state index contributed by atoms with van der Waals surface area (Å²) >= 11 is 0. The van der Waals surface area contributed by atoms with Crippen LogP contribution in [0.25, 0.3) is 0 Å². The molecule has 0 unspecified atom stereocenters. The van der Waals surface area contributed by atoms with E-state index in [1.165, 1.54) is 26.5 Å². The zero-order valence-electron chi connectivity index (χ0n) is 14.3. The number of aromatic nitrogens is 2. The summed E-state index contributed by atoms with van der Waals surface area (Å²) < 4.78 is 9.98. The summed E-state index contributed by atoms with van der Waals surface area (Å²) in [6.07, 6.45) is 1.48. The van der Waals surface area contributed by atoms with Gasteiger partial charge < -0.3 is 20.0 Å². The molecular formula is C17H20N4O4. The van der Waals surface area contributed by atoms with Gasteiger partial charge >= 0.3 is 5.97 Å². The van der Waals surface area contributed by atoms with E-state index in [2.05, 4.69) is 15.1 Å². The Kier molecular flexibility index (Phi) is 6.02. The molecule has 0 radical (unpaired) electrons. The molecule has 8 nitrogen and oxygen atoms in total. The molecule has 1 aromatic carbocycles. The lowest BCUT2D eigenvalue weighted by Crippen LogP contribution is -2.33. The Morgan fingerprint density at radius 2 is 1.80 bits per heavy atom. The maximum Gasteiger partial charge on any atom is 0.402 e. The van der Waals surface area contributed by atoms with Crippen LogP contribution in [-0.2, 0) is 10.3 Å². The lowest BCUT2D eigenvalue weighted by molar-refractivity contribution is 0.0499. The molecule has 0 amide bonds. The molecule has 25 heavy (non-hydrogen) atoms. The number of nitrogens with two attached hydrogens (primary N) is 1. The van der Waals surface area contributed by atoms with E-state index in [1.807, 2.05) is 37.3 Å². The van der Waals surface area contributed by atoms with E-state index in [1.54, 1.807) is 0 Å². The fraction of sp³-hybridized carbons (Fsp3) is 0.294. The molecule has 0 bridgehead atoms. The van der Waals surface area contributed by atoms with Crippen LogP contribution in [-0.4, -0.2) is 42.9 Å². The van der Waals surface area contributed by atoms with Crippen LogP contribution in [0.4, 0.5) is 0 Å². The topological polar surface area (TPSA) is 109 Å². The molecule has 0 aliphatic carbocycles. The summed E-state index contributed by atoms with van der Waals surface area (Å²) in [7, 11) is 2.84. The highest BCUT2D eigenvalue weighted by Gasteiger charge is 2.23. The monoisotopic (exact) mass is 344 g/mol. The number of carbonyl (C=O) groups is 1. The highest BCUT2D eigenvalue weighted by Crippen LogP contribution is 2.20. The van der Waals surface area contributed by atoms with Gasteiger partial charge in [0.1, 0.15) is 0 Å². The SMILES string of the molecule is COc1cc(OC)nc(C(=O)ON=C[C@@](C)(CN)c2ccccc2)n1. The quantitative estimate of drug-likeness (QED) is 0.461. The van der Waals surface area contributed by atoms with Crippen molar-refractivity contribution in [3.05, 3.63) is 47.8 Å². The van der Waals surface area contributed by atoms with Crippen molar-refractivity contribution in [2.75, 3.05) is 20.8 Å². The second kappa shape index (κ2) is 8.20. The predicted octanol–water partition coefficient (Wildman–Crippen LogP) is 1.55. The van der Waals surface area contributed by atoms with E-state index >= 15 is 0 Å². The van der Waals surface area contributed by atoms with Gasteiger partial charge in [-0.2, -0.15) is 9.97 Å². The number of carbonyl (C=O) groups excluding carboxylic acids is 1. The van der Waals surface area contributed by atoms with Gasteiger partial charge in [-0.1, -0.05) is 35.5 Å². The number of benzene rings is 1. The molecular weight excluding hydrogens is 324 g/mol. The Hall–Kier alpha value is -3.00. The number of nitrogens with zero attached hydrogens (tertiary/aromatic N) is 3. The predicted molar refractivity (Wildman–Crippen MR) is 91.9 cm³/mol. The number of oxime groups is 1. The van der Waals surface area contributed by atoms with Gasteiger partial charge in [0.15, 0.2) is 0 Å². The third kappa shape index (κ3) is 4.51. The van der Waals surface area contributed by atoms with Crippen LogP contribution in [0.2, 0.25) is 0 Å². The zero-order chi connectivity index (χ0) is 18.3. The van der Waals surface area contributed by atoms with Crippen LogP contribution in [0.15, 0.2) is 41.6 Å². The molecule has 1 aromatic heterocycles. The fourth-order valence-corrected chi connectivity index (χ4v) is 2.00.